The molecule has 0 spiro atoms. The Balaban J connectivity index is 1.95. The Morgan fingerprint density at radius 1 is 1.00 bits per heavy atom. The van der Waals surface area contributed by atoms with E-state index in [9.17, 15) is 31.5 Å². The minimum absolute atomic E-state index is 0.0220. The third-order valence-corrected chi connectivity index (χ3v) is 7.41. The van der Waals surface area contributed by atoms with Crippen molar-refractivity contribution >= 4 is 16.0 Å². The molecule has 0 radical (unpaired) electrons. The van der Waals surface area contributed by atoms with Crippen molar-refractivity contribution in [3.8, 4) is 0 Å². The molecule has 1 aromatic rings. The Bertz CT molecular complexity index is 824. The summed E-state index contributed by atoms with van der Waals surface area (Å²) < 4.78 is 65.3. The third-order valence-electron chi connectivity index (χ3n) is 5.47. The lowest BCUT2D eigenvalue weighted by Gasteiger charge is -2.20. The lowest BCUT2D eigenvalue weighted by Crippen LogP contribution is -2.33. The molecular formula is C21H30F3NO4S. The Morgan fingerprint density at radius 3 is 2.03 bits per heavy atom. The van der Waals surface area contributed by atoms with Gasteiger partial charge in [0.05, 0.1) is 10.5 Å². The highest BCUT2D eigenvalue weighted by atomic mass is 32.2. The van der Waals surface area contributed by atoms with Crippen LogP contribution in [-0.4, -0.2) is 30.3 Å². The van der Waals surface area contributed by atoms with E-state index >= 15 is 0 Å². The maximum atomic E-state index is 13.0. The molecule has 170 valence electrons. The molecule has 0 aromatic heterocycles. The average molecular weight is 450 g/mol. The number of aliphatic carboxylic acids is 1. The van der Waals surface area contributed by atoms with Gasteiger partial charge in [-0.2, -0.15) is 17.5 Å². The molecule has 1 aromatic carbocycles. The number of carboxylic acids is 1. The molecule has 9 heteroatoms. The zero-order valence-corrected chi connectivity index (χ0v) is 18.1. The minimum atomic E-state index is -4.67. The molecule has 30 heavy (non-hydrogen) atoms. The second-order valence-electron chi connectivity index (χ2n) is 7.79. The fraction of sp³-hybridized carbons (Fsp3) is 0.667. The van der Waals surface area contributed by atoms with E-state index in [-0.39, 0.29) is 17.0 Å². The quantitative estimate of drug-likeness (QED) is 0.412. The molecule has 0 fully saturated rings. The Kier molecular flexibility index (Phi) is 8.73. The van der Waals surface area contributed by atoms with Crippen molar-refractivity contribution in [1.82, 2.24) is 4.31 Å². The summed E-state index contributed by atoms with van der Waals surface area (Å²) >= 11 is 0. The summed E-state index contributed by atoms with van der Waals surface area (Å²) in [5.41, 5.74) is -1.37. The van der Waals surface area contributed by atoms with Crippen LogP contribution in [0.15, 0.2) is 23.1 Å². The van der Waals surface area contributed by atoms with Gasteiger partial charge in [0.1, 0.15) is 6.04 Å². The largest absolute Gasteiger partial charge is 0.480 e. The van der Waals surface area contributed by atoms with E-state index in [0.29, 0.717) is 18.6 Å². The van der Waals surface area contributed by atoms with Gasteiger partial charge in [-0.15, -0.1) is 0 Å². The number of sulfonamides is 1. The molecule has 5 nitrogen and oxygen atoms in total. The zero-order valence-electron chi connectivity index (χ0n) is 17.2. The average Bonchev–Trinajstić information content (AvgIpc) is 2.89. The summed E-state index contributed by atoms with van der Waals surface area (Å²) in [6.45, 7) is 2.15. The molecule has 1 aliphatic heterocycles. The van der Waals surface area contributed by atoms with Crippen molar-refractivity contribution < 1.29 is 31.5 Å². The van der Waals surface area contributed by atoms with Gasteiger partial charge < -0.3 is 5.11 Å². The Hall–Kier alpha value is -1.61. The number of unbranched alkanes of at least 4 members (excludes halogenated alkanes) is 9. The molecule has 0 unspecified atom stereocenters. The molecule has 0 aliphatic carbocycles. The van der Waals surface area contributed by atoms with Gasteiger partial charge in [0.2, 0.25) is 10.0 Å². The first kappa shape index (κ1) is 24.7. The number of alkyl halides is 3. The topological polar surface area (TPSA) is 74.7 Å². The molecule has 1 heterocycles. The number of benzene rings is 1. The second kappa shape index (κ2) is 10.6. The first-order valence-corrected chi connectivity index (χ1v) is 12.0. The van der Waals surface area contributed by atoms with E-state index < -0.39 is 33.8 Å². The van der Waals surface area contributed by atoms with Crippen LogP contribution in [0.4, 0.5) is 13.2 Å². The van der Waals surface area contributed by atoms with Gasteiger partial charge in [-0.05, 0) is 24.6 Å². The van der Waals surface area contributed by atoms with Crippen LogP contribution in [-0.2, 0) is 21.0 Å². The van der Waals surface area contributed by atoms with E-state index in [2.05, 4.69) is 6.92 Å². The van der Waals surface area contributed by atoms with Crippen molar-refractivity contribution in [2.45, 2.75) is 88.2 Å². The lowest BCUT2D eigenvalue weighted by molar-refractivity contribution is -0.142. The Morgan fingerprint density at radius 2 is 1.53 bits per heavy atom. The predicted molar refractivity (Wildman–Crippen MR) is 108 cm³/mol. The summed E-state index contributed by atoms with van der Waals surface area (Å²) in [6, 6.07) is 0.566. The summed E-state index contributed by atoms with van der Waals surface area (Å²) in [4.78, 5) is 11.4. The minimum Gasteiger partial charge on any atom is -0.480 e. The van der Waals surface area contributed by atoms with Crippen LogP contribution < -0.4 is 0 Å². The Labute approximate surface area is 176 Å². The summed E-state index contributed by atoms with van der Waals surface area (Å²) in [5, 5.41) is 9.53. The maximum Gasteiger partial charge on any atom is 0.416 e. The summed E-state index contributed by atoms with van der Waals surface area (Å²) in [7, 11) is -4.13. The number of nitrogens with zero attached hydrogens (tertiary/aromatic N) is 1. The van der Waals surface area contributed by atoms with E-state index in [1.165, 1.54) is 32.1 Å². The number of rotatable bonds is 12. The molecule has 0 saturated heterocycles. The van der Waals surface area contributed by atoms with E-state index in [1.807, 2.05) is 0 Å². The van der Waals surface area contributed by atoms with Crippen LogP contribution in [0, 0.1) is 0 Å². The number of hydrogen-bond donors (Lipinski definition) is 1. The molecule has 2 rings (SSSR count). The molecule has 1 aliphatic rings. The number of carboxylic acid groups (broad SMARTS) is 1. The monoisotopic (exact) mass is 449 g/mol. The van der Waals surface area contributed by atoms with Gasteiger partial charge in [-0.1, -0.05) is 64.7 Å². The molecule has 0 amide bonds. The van der Waals surface area contributed by atoms with Crippen LogP contribution in [0.25, 0.3) is 0 Å². The highest BCUT2D eigenvalue weighted by Gasteiger charge is 2.47. The lowest BCUT2D eigenvalue weighted by atomic mass is 10.0. The van der Waals surface area contributed by atoms with Crippen LogP contribution >= 0.6 is 0 Å². The number of fused-ring (bicyclic) bond motifs is 1. The van der Waals surface area contributed by atoms with Gasteiger partial charge in [0, 0.05) is 12.1 Å². The van der Waals surface area contributed by atoms with Crippen molar-refractivity contribution in [2.24, 2.45) is 0 Å². The van der Waals surface area contributed by atoms with Gasteiger partial charge in [0.25, 0.3) is 0 Å². The smallest absolute Gasteiger partial charge is 0.416 e. The summed E-state index contributed by atoms with van der Waals surface area (Å²) in [5.74, 6) is -1.47. The van der Waals surface area contributed by atoms with Crippen LogP contribution in [0.1, 0.15) is 88.3 Å². The van der Waals surface area contributed by atoms with Crippen LogP contribution in [0.5, 0.6) is 0 Å². The van der Waals surface area contributed by atoms with E-state index in [1.54, 1.807) is 0 Å². The highest BCUT2D eigenvalue weighted by Crippen LogP contribution is 2.42. The fourth-order valence-corrected chi connectivity index (χ4v) is 5.67. The van der Waals surface area contributed by atoms with Gasteiger partial charge in [-0.3, -0.25) is 4.79 Å². The van der Waals surface area contributed by atoms with Crippen LogP contribution in [0.3, 0.4) is 0 Å². The first-order valence-electron chi connectivity index (χ1n) is 10.6. The van der Waals surface area contributed by atoms with E-state index in [0.717, 1.165) is 36.1 Å². The van der Waals surface area contributed by atoms with Crippen molar-refractivity contribution in [1.29, 1.82) is 0 Å². The predicted octanol–water partition coefficient (Wildman–Crippen LogP) is 5.76. The molecule has 0 saturated carbocycles. The normalized spacial score (nSPS) is 18.5. The standard InChI is InChI=1S/C21H30F3NO4S/c1-2-3-4-5-6-7-8-9-10-11-14-25-19(20(26)27)17-15-16(21(22,23)24)12-13-18(17)30(25,28)29/h12-13,15,19H,2-11,14H2,1H3,(H,26,27)/t19-/m1/s1. The highest BCUT2D eigenvalue weighted by molar-refractivity contribution is 7.89. The fourth-order valence-electron chi connectivity index (χ4n) is 3.85. The number of halogens is 3. The van der Waals surface area contributed by atoms with Crippen molar-refractivity contribution in [3.63, 3.8) is 0 Å². The third kappa shape index (κ3) is 5.97. The van der Waals surface area contributed by atoms with Crippen LogP contribution in [0.2, 0.25) is 0 Å². The number of carbonyl (C=O) groups is 1. The van der Waals surface area contributed by atoms with Crippen molar-refractivity contribution in [3.05, 3.63) is 29.3 Å². The van der Waals surface area contributed by atoms with E-state index in [4.69, 9.17) is 0 Å². The summed E-state index contributed by atoms with van der Waals surface area (Å²) in [6.07, 6.45) is 5.73. The van der Waals surface area contributed by atoms with Crippen molar-refractivity contribution in [2.75, 3.05) is 6.54 Å². The molecule has 1 N–H and O–H groups in total. The maximum absolute atomic E-state index is 13.0. The van der Waals surface area contributed by atoms with Gasteiger partial charge in [0.15, 0.2) is 0 Å². The second-order valence-corrected chi connectivity index (χ2v) is 9.65. The zero-order chi connectivity index (χ0) is 22.4. The van der Waals surface area contributed by atoms with Gasteiger partial charge in [-0.25, -0.2) is 8.42 Å². The van der Waals surface area contributed by atoms with Gasteiger partial charge >= 0.3 is 12.1 Å². The molecule has 1 atom stereocenters. The first-order chi connectivity index (χ1) is 14.1. The molecule has 0 bridgehead atoms. The molecular weight excluding hydrogens is 419 g/mol. The number of hydrogen-bond acceptors (Lipinski definition) is 3. The SMILES string of the molecule is CCCCCCCCCCCCN1[C@@H](C(=O)O)c2cc(C(F)(F)F)ccc2S1(=O)=O.